The maximum Gasteiger partial charge on any atom is 0.500 e. The van der Waals surface area contributed by atoms with Crippen LogP contribution in [0.4, 0.5) is 0 Å². The van der Waals surface area contributed by atoms with Gasteiger partial charge in [-0.15, -0.1) is 0 Å². The second-order valence-electron chi connectivity index (χ2n) is 3.37. The minimum Gasteiger partial charge on any atom is -0.377 e. The Morgan fingerprint density at radius 1 is 1.13 bits per heavy atom. The van der Waals surface area contributed by atoms with Crippen LogP contribution >= 0.6 is 0 Å². The maximum absolute atomic E-state index is 5.32. The molecule has 0 aliphatic rings. The minimum atomic E-state index is -2.37. The molecule has 0 aliphatic heterocycles. The Hall–Kier alpha value is -0.233. The van der Waals surface area contributed by atoms with Crippen molar-refractivity contribution in [2.45, 2.75) is 32.7 Å². The monoisotopic (exact) mass is 233 g/mol. The fourth-order valence-electron chi connectivity index (χ4n) is 1.23. The fraction of sp³-hybridized carbons (Fsp3) is 0.900. The highest BCUT2D eigenvalue weighted by Crippen LogP contribution is 2.14. The third-order valence-corrected chi connectivity index (χ3v) is 5.30. The summed E-state index contributed by atoms with van der Waals surface area (Å²) in [5.74, 6) is 0. The molecule has 0 amide bonds. The van der Waals surface area contributed by atoms with E-state index in [1.165, 1.54) is 5.71 Å². The maximum atomic E-state index is 5.32. The van der Waals surface area contributed by atoms with Crippen LogP contribution in [-0.2, 0) is 13.3 Å². The van der Waals surface area contributed by atoms with E-state index in [2.05, 4.69) is 11.9 Å². The Labute approximate surface area is 94.0 Å². The molecule has 0 saturated heterocycles. The average molecular weight is 233 g/mol. The van der Waals surface area contributed by atoms with Crippen molar-refractivity contribution in [3.05, 3.63) is 0 Å². The second kappa shape index (κ2) is 7.98. The summed E-state index contributed by atoms with van der Waals surface area (Å²) in [4.78, 5) is 4.42. The van der Waals surface area contributed by atoms with Gasteiger partial charge in [0.05, 0.1) is 0 Å². The molecule has 0 heterocycles. The molecular formula is C10H23NO3Si. The molecule has 0 rings (SSSR count). The smallest absolute Gasteiger partial charge is 0.377 e. The minimum absolute atomic E-state index is 0.816. The van der Waals surface area contributed by atoms with Crippen LogP contribution < -0.4 is 0 Å². The molecule has 15 heavy (non-hydrogen) atoms. The van der Waals surface area contributed by atoms with Gasteiger partial charge in [0.15, 0.2) is 0 Å². The summed E-state index contributed by atoms with van der Waals surface area (Å²) in [7, 11) is 2.55. The van der Waals surface area contributed by atoms with Gasteiger partial charge in [-0.25, -0.2) is 0 Å². The summed E-state index contributed by atoms with van der Waals surface area (Å²) in [5, 5.41) is 0. The zero-order valence-corrected chi connectivity index (χ0v) is 11.5. The Balaban J connectivity index is 3.91. The first-order valence-corrected chi connectivity index (χ1v) is 7.22. The number of aliphatic imine (C=N–C) groups is 1. The fourth-order valence-corrected chi connectivity index (χ4v) is 2.94. The highest BCUT2D eigenvalue weighted by molar-refractivity contribution is 6.60. The molecule has 0 spiro atoms. The van der Waals surface area contributed by atoms with Crippen molar-refractivity contribution >= 4 is 14.5 Å². The van der Waals surface area contributed by atoms with Gasteiger partial charge in [-0.3, -0.25) is 4.99 Å². The van der Waals surface area contributed by atoms with Gasteiger partial charge in [0.1, 0.15) is 0 Å². The molecule has 0 aromatic heterocycles. The van der Waals surface area contributed by atoms with E-state index in [0.29, 0.717) is 0 Å². The number of hydrogen-bond donors (Lipinski definition) is 0. The molecule has 0 unspecified atom stereocenters. The normalized spacial score (nSPS) is 13.3. The molecule has 4 nitrogen and oxygen atoms in total. The molecule has 0 saturated carbocycles. The van der Waals surface area contributed by atoms with Crippen molar-refractivity contribution in [1.82, 2.24) is 0 Å². The molecule has 0 aliphatic carbocycles. The van der Waals surface area contributed by atoms with Crippen molar-refractivity contribution < 1.29 is 13.3 Å². The first-order valence-electron chi connectivity index (χ1n) is 5.29. The van der Waals surface area contributed by atoms with Crippen LogP contribution in [0.5, 0.6) is 0 Å². The SMILES string of the molecule is CCC(C)=NCCC[Si](OC)(OC)OC. The van der Waals surface area contributed by atoms with Gasteiger partial charge in [0.25, 0.3) is 0 Å². The lowest BCUT2D eigenvalue weighted by molar-refractivity contribution is 0.123. The van der Waals surface area contributed by atoms with Gasteiger partial charge < -0.3 is 13.3 Å². The molecule has 0 aromatic carbocycles. The van der Waals surface area contributed by atoms with Gasteiger partial charge in [0, 0.05) is 39.6 Å². The van der Waals surface area contributed by atoms with Crippen molar-refractivity contribution in [3.8, 4) is 0 Å². The molecule has 90 valence electrons. The van der Waals surface area contributed by atoms with Crippen LogP contribution in [-0.4, -0.2) is 42.4 Å². The summed E-state index contributed by atoms with van der Waals surface area (Å²) < 4.78 is 15.9. The van der Waals surface area contributed by atoms with Crippen molar-refractivity contribution in [3.63, 3.8) is 0 Å². The van der Waals surface area contributed by atoms with E-state index < -0.39 is 8.80 Å². The van der Waals surface area contributed by atoms with Crippen LogP contribution in [0.1, 0.15) is 26.7 Å². The van der Waals surface area contributed by atoms with E-state index >= 15 is 0 Å². The molecule has 0 radical (unpaired) electrons. The van der Waals surface area contributed by atoms with Crippen molar-refractivity contribution in [2.24, 2.45) is 4.99 Å². The highest BCUT2D eigenvalue weighted by atomic mass is 28.4. The molecule has 0 aromatic rings. The summed E-state index contributed by atoms with van der Waals surface area (Å²) in [6, 6.07) is 0.816. The Morgan fingerprint density at radius 2 is 1.67 bits per heavy atom. The summed E-state index contributed by atoms with van der Waals surface area (Å²) in [6.07, 6.45) is 1.96. The molecule has 0 bridgehead atoms. The van der Waals surface area contributed by atoms with Crippen LogP contribution in [0.15, 0.2) is 4.99 Å². The number of rotatable bonds is 8. The van der Waals surface area contributed by atoms with Crippen molar-refractivity contribution in [2.75, 3.05) is 27.9 Å². The van der Waals surface area contributed by atoms with Gasteiger partial charge in [-0.1, -0.05) is 6.92 Å². The van der Waals surface area contributed by atoms with Gasteiger partial charge in [0.2, 0.25) is 0 Å². The summed E-state index contributed by atoms with van der Waals surface area (Å²) in [6.45, 7) is 4.98. The molecular weight excluding hydrogens is 210 g/mol. The third kappa shape index (κ3) is 5.41. The van der Waals surface area contributed by atoms with Crippen LogP contribution in [0, 0.1) is 0 Å². The first kappa shape index (κ1) is 14.8. The highest BCUT2D eigenvalue weighted by Gasteiger charge is 2.36. The average Bonchev–Trinajstić information content (AvgIpc) is 2.30. The van der Waals surface area contributed by atoms with E-state index in [0.717, 1.165) is 25.4 Å². The van der Waals surface area contributed by atoms with Crippen LogP contribution in [0.25, 0.3) is 0 Å². The Kier molecular flexibility index (Phi) is 7.86. The zero-order chi connectivity index (χ0) is 11.7. The molecule has 0 N–H and O–H groups in total. The van der Waals surface area contributed by atoms with E-state index in [1.54, 1.807) is 21.3 Å². The first-order chi connectivity index (χ1) is 7.14. The second-order valence-corrected chi connectivity index (χ2v) is 6.46. The lowest BCUT2D eigenvalue weighted by atomic mass is 10.3. The Bertz CT molecular complexity index is 185. The standard InChI is InChI=1S/C10H23NO3Si/c1-6-10(2)11-8-7-9-15(12-3,13-4)14-5/h6-9H2,1-5H3. The zero-order valence-electron chi connectivity index (χ0n) is 10.5. The van der Waals surface area contributed by atoms with Gasteiger partial charge in [-0.2, -0.15) is 0 Å². The van der Waals surface area contributed by atoms with E-state index in [9.17, 15) is 0 Å². The van der Waals surface area contributed by atoms with E-state index in [-0.39, 0.29) is 0 Å². The van der Waals surface area contributed by atoms with E-state index in [4.69, 9.17) is 13.3 Å². The molecule has 0 atom stereocenters. The van der Waals surface area contributed by atoms with E-state index in [1.807, 2.05) is 6.92 Å². The number of hydrogen-bond acceptors (Lipinski definition) is 4. The predicted octanol–water partition coefficient (Wildman–Crippen LogP) is 2.13. The van der Waals surface area contributed by atoms with Crippen molar-refractivity contribution in [1.29, 1.82) is 0 Å². The summed E-state index contributed by atoms with van der Waals surface area (Å²) >= 11 is 0. The molecule has 5 heteroatoms. The Morgan fingerprint density at radius 3 is 2.07 bits per heavy atom. The lowest BCUT2D eigenvalue weighted by Gasteiger charge is -2.23. The summed E-state index contributed by atoms with van der Waals surface area (Å²) in [5.41, 5.74) is 1.19. The number of nitrogens with zero attached hydrogens (tertiary/aromatic N) is 1. The topological polar surface area (TPSA) is 40.0 Å². The lowest BCUT2D eigenvalue weighted by Crippen LogP contribution is -2.42. The largest absolute Gasteiger partial charge is 0.500 e. The van der Waals surface area contributed by atoms with Gasteiger partial charge >= 0.3 is 8.80 Å². The predicted molar refractivity (Wildman–Crippen MR) is 64.5 cm³/mol. The van der Waals surface area contributed by atoms with Crippen LogP contribution in [0.3, 0.4) is 0 Å². The molecule has 0 fully saturated rings. The quantitative estimate of drug-likeness (QED) is 0.366. The van der Waals surface area contributed by atoms with Gasteiger partial charge in [-0.05, 0) is 19.8 Å². The van der Waals surface area contributed by atoms with Crippen LogP contribution in [0.2, 0.25) is 6.04 Å². The third-order valence-electron chi connectivity index (χ3n) is 2.47.